The number of para-hydroxylation sites is 1. The van der Waals surface area contributed by atoms with Gasteiger partial charge < -0.3 is 5.11 Å². The maximum absolute atomic E-state index is 12.3. The molecule has 92 valence electrons. The molecule has 0 atom stereocenters. The summed E-state index contributed by atoms with van der Waals surface area (Å²) in [6, 6.07) is 8.04. The standard InChI is InChI=1S/C11H5F3N2OS/c12-11(13,14)9(17)6(5-15)10-16-7-3-1-2-4-8(7)18-10/h1-4,17H/b9-6-. The van der Waals surface area contributed by atoms with Crippen LogP contribution in [0.3, 0.4) is 0 Å². The van der Waals surface area contributed by atoms with Crippen LogP contribution in [0.5, 0.6) is 0 Å². The first-order valence-corrected chi connectivity index (χ1v) is 5.51. The Kier molecular flexibility index (Phi) is 2.97. The third-order valence-electron chi connectivity index (χ3n) is 2.12. The van der Waals surface area contributed by atoms with Crippen molar-refractivity contribution in [1.29, 1.82) is 5.26 Å². The minimum absolute atomic E-state index is 0.145. The fourth-order valence-electron chi connectivity index (χ4n) is 1.32. The summed E-state index contributed by atoms with van der Waals surface area (Å²) >= 11 is 0.923. The Labute approximate surface area is 103 Å². The molecule has 0 spiro atoms. The summed E-state index contributed by atoms with van der Waals surface area (Å²) in [5.41, 5.74) is -0.371. The molecule has 0 bridgehead atoms. The molecule has 1 aromatic heterocycles. The number of halogens is 3. The molecular weight excluding hydrogens is 265 g/mol. The third-order valence-corrected chi connectivity index (χ3v) is 3.18. The first kappa shape index (κ1) is 12.4. The van der Waals surface area contributed by atoms with E-state index in [1.807, 2.05) is 0 Å². The second-order valence-corrected chi connectivity index (χ2v) is 4.35. The number of aromatic nitrogens is 1. The summed E-state index contributed by atoms with van der Waals surface area (Å²) in [7, 11) is 0. The van der Waals surface area contributed by atoms with Crippen LogP contribution in [0.25, 0.3) is 15.8 Å². The Morgan fingerprint density at radius 3 is 2.56 bits per heavy atom. The van der Waals surface area contributed by atoms with Crippen LogP contribution in [0.2, 0.25) is 0 Å². The summed E-state index contributed by atoms with van der Waals surface area (Å²) in [6.45, 7) is 0. The lowest BCUT2D eigenvalue weighted by Gasteiger charge is -2.05. The van der Waals surface area contributed by atoms with Crippen molar-refractivity contribution in [2.45, 2.75) is 6.18 Å². The van der Waals surface area contributed by atoms with Gasteiger partial charge in [-0.3, -0.25) is 0 Å². The summed E-state index contributed by atoms with van der Waals surface area (Å²) < 4.78 is 37.7. The van der Waals surface area contributed by atoms with Gasteiger partial charge in [0, 0.05) is 0 Å². The molecule has 0 saturated heterocycles. The van der Waals surface area contributed by atoms with E-state index in [-0.39, 0.29) is 5.01 Å². The number of hydrogen-bond acceptors (Lipinski definition) is 4. The number of fused-ring (bicyclic) bond motifs is 1. The van der Waals surface area contributed by atoms with Crippen LogP contribution < -0.4 is 0 Å². The average Bonchev–Trinajstić information content (AvgIpc) is 2.71. The van der Waals surface area contributed by atoms with Crippen LogP contribution in [-0.2, 0) is 0 Å². The molecule has 0 saturated carbocycles. The molecule has 1 heterocycles. The topological polar surface area (TPSA) is 56.9 Å². The average molecular weight is 270 g/mol. The molecule has 0 aliphatic rings. The Morgan fingerprint density at radius 1 is 1.33 bits per heavy atom. The van der Waals surface area contributed by atoms with E-state index < -0.39 is 17.5 Å². The largest absolute Gasteiger partial charge is 0.503 e. The SMILES string of the molecule is N#C/C(=C(/O)C(F)(F)F)c1nc2ccccc2s1. The normalized spacial score (nSPS) is 13.2. The molecule has 7 heteroatoms. The molecule has 2 aromatic rings. The first-order valence-electron chi connectivity index (χ1n) is 4.70. The minimum atomic E-state index is -4.96. The minimum Gasteiger partial charge on any atom is -0.503 e. The second-order valence-electron chi connectivity index (χ2n) is 3.32. The van der Waals surface area contributed by atoms with Crippen molar-refractivity contribution in [3.05, 3.63) is 35.0 Å². The molecule has 0 unspecified atom stereocenters. The van der Waals surface area contributed by atoms with Gasteiger partial charge in [0.15, 0.2) is 0 Å². The first-order chi connectivity index (χ1) is 8.43. The zero-order valence-electron chi connectivity index (χ0n) is 8.69. The lowest BCUT2D eigenvalue weighted by atomic mass is 10.2. The molecule has 0 aliphatic carbocycles. The van der Waals surface area contributed by atoms with Crippen LogP contribution in [0, 0.1) is 11.3 Å². The number of nitriles is 1. The lowest BCUT2D eigenvalue weighted by molar-refractivity contribution is -0.119. The lowest BCUT2D eigenvalue weighted by Crippen LogP contribution is -2.13. The summed E-state index contributed by atoms with van der Waals surface area (Å²) in [5.74, 6) is -1.91. The number of aliphatic hydroxyl groups is 1. The van der Waals surface area contributed by atoms with Gasteiger partial charge in [0.1, 0.15) is 16.6 Å². The van der Waals surface area contributed by atoms with Gasteiger partial charge in [0.05, 0.1) is 10.2 Å². The van der Waals surface area contributed by atoms with E-state index in [2.05, 4.69) is 4.98 Å². The zero-order valence-corrected chi connectivity index (χ0v) is 9.51. The van der Waals surface area contributed by atoms with Crippen molar-refractivity contribution in [3.63, 3.8) is 0 Å². The van der Waals surface area contributed by atoms with Gasteiger partial charge in [-0.25, -0.2) is 4.98 Å². The van der Waals surface area contributed by atoms with E-state index >= 15 is 0 Å². The Bertz CT molecular complexity index is 634. The van der Waals surface area contributed by atoms with Gasteiger partial charge in [-0.15, -0.1) is 11.3 Å². The van der Waals surface area contributed by atoms with E-state index in [1.165, 1.54) is 6.07 Å². The molecule has 3 nitrogen and oxygen atoms in total. The number of rotatable bonds is 1. The molecule has 1 N–H and O–H groups in total. The van der Waals surface area contributed by atoms with E-state index in [1.54, 1.807) is 24.3 Å². The zero-order chi connectivity index (χ0) is 13.3. The fraction of sp³-hybridized carbons (Fsp3) is 0.0909. The second kappa shape index (κ2) is 4.31. The van der Waals surface area contributed by atoms with Gasteiger partial charge in [-0.1, -0.05) is 12.1 Å². The van der Waals surface area contributed by atoms with Crippen molar-refractivity contribution in [2.75, 3.05) is 0 Å². The molecule has 1 aromatic carbocycles. The Morgan fingerprint density at radius 2 is 2.00 bits per heavy atom. The molecule has 0 radical (unpaired) electrons. The number of nitrogens with zero attached hydrogens (tertiary/aromatic N) is 2. The Hall–Kier alpha value is -2.07. The summed E-state index contributed by atoms with van der Waals surface area (Å²) in [6.07, 6.45) is -4.96. The third kappa shape index (κ3) is 2.15. The Balaban J connectivity index is 2.62. The van der Waals surface area contributed by atoms with Crippen molar-refractivity contribution < 1.29 is 18.3 Å². The highest BCUT2D eigenvalue weighted by atomic mass is 32.1. The van der Waals surface area contributed by atoms with E-state index in [9.17, 15) is 13.2 Å². The van der Waals surface area contributed by atoms with Gasteiger partial charge in [-0.2, -0.15) is 18.4 Å². The van der Waals surface area contributed by atoms with Gasteiger partial charge in [-0.05, 0) is 12.1 Å². The number of allylic oxidation sites excluding steroid dienone is 2. The van der Waals surface area contributed by atoms with Crippen LogP contribution in [0.1, 0.15) is 5.01 Å². The molecule has 0 fully saturated rings. The number of thiazole rings is 1. The smallest absolute Gasteiger partial charge is 0.450 e. The van der Waals surface area contributed by atoms with Crippen LogP contribution in [0.15, 0.2) is 30.0 Å². The fourth-order valence-corrected chi connectivity index (χ4v) is 2.28. The monoisotopic (exact) mass is 270 g/mol. The quantitative estimate of drug-likeness (QED) is 0.635. The number of benzene rings is 1. The molecule has 0 aliphatic heterocycles. The maximum atomic E-state index is 12.3. The highest BCUT2D eigenvalue weighted by Gasteiger charge is 2.38. The predicted octanol–water partition coefficient (Wildman–Crippen LogP) is 3.65. The summed E-state index contributed by atoms with van der Waals surface area (Å²) in [5, 5.41) is 17.6. The number of alkyl halides is 3. The number of hydrogen-bond donors (Lipinski definition) is 1. The van der Waals surface area contributed by atoms with E-state index in [0.29, 0.717) is 10.2 Å². The molecule has 2 rings (SSSR count). The summed E-state index contributed by atoms with van der Waals surface area (Å²) in [4.78, 5) is 3.90. The van der Waals surface area contributed by atoms with Crippen molar-refractivity contribution in [1.82, 2.24) is 4.98 Å². The molecule has 18 heavy (non-hydrogen) atoms. The van der Waals surface area contributed by atoms with Crippen molar-refractivity contribution in [3.8, 4) is 6.07 Å². The van der Waals surface area contributed by atoms with Crippen LogP contribution >= 0.6 is 11.3 Å². The van der Waals surface area contributed by atoms with Gasteiger partial charge in [0.2, 0.25) is 5.76 Å². The van der Waals surface area contributed by atoms with Crippen molar-refractivity contribution >= 4 is 27.1 Å². The van der Waals surface area contributed by atoms with Crippen LogP contribution in [0.4, 0.5) is 13.2 Å². The highest BCUT2D eigenvalue weighted by molar-refractivity contribution is 7.19. The predicted molar refractivity (Wildman–Crippen MR) is 60.8 cm³/mol. The van der Waals surface area contributed by atoms with Gasteiger partial charge in [0.25, 0.3) is 0 Å². The van der Waals surface area contributed by atoms with Crippen LogP contribution in [-0.4, -0.2) is 16.3 Å². The van der Waals surface area contributed by atoms with E-state index in [0.717, 1.165) is 11.3 Å². The number of aliphatic hydroxyl groups excluding tert-OH is 1. The van der Waals surface area contributed by atoms with Gasteiger partial charge >= 0.3 is 6.18 Å². The molecular formula is C11H5F3N2OS. The maximum Gasteiger partial charge on any atom is 0.450 e. The van der Waals surface area contributed by atoms with E-state index in [4.69, 9.17) is 10.4 Å². The van der Waals surface area contributed by atoms with Crippen molar-refractivity contribution in [2.24, 2.45) is 0 Å². The molecule has 0 amide bonds. The highest BCUT2D eigenvalue weighted by Crippen LogP contribution is 2.33.